The fraction of sp³-hybridized carbons (Fsp3) is 0. The first kappa shape index (κ1) is 9.59. The van der Waals surface area contributed by atoms with Crippen LogP contribution in [0.3, 0.4) is 0 Å². The SMILES string of the molecule is O=c1[nH]c2nc(-c3ccccc3)cn2[nH]c1=O. The minimum absolute atomic E-state index is 0.313. The van der Waals surface area contributed by atoms with Crippen LogP contribution in [0, 0.1) is 0 Å². The van der Waals surface area contributed by atoms with E-state index in [9.17, 15) is 9.59 Å². The van der Waals surface area contributed by atoms with Gasteiger partial charge in [0.1, 0.15) is 0 Å². The maximum Gasteiger partial charge on any atom is 0.328 e. The molecule has 2 aromatic heterocycles. The summed E-state index contributed by atoms with van der Waals surface area (Å²) in [4.78, 5) is 28.9. The lowest BCUT2D eigenvalue weighted by molar-refractivity contribution is 0.853. The fourth-order valence-electron chi connectivity index (χ4n) is 1.62. The molecule has 6 nitrogen and oxygen atoms in total. The van der Waals surface area contributed by atoms with E-state index in [1.807, 2.05) is 30.3 Å². The van der Waals surface area contributed by atoms with Crippen LogP contribution < -0.4 is 11.1 Å². The maximum absolute atomic E-state index is 11.1. The Morgan fingerprint density at radius 3 is 2.59 bits per heavy atom. The third-order valence-electron chi connectivity index (χ3n) is 2.43. The van der Waals surface area contributed by atoms with Crippen molar-refractivity contribution in [2.75, 3.05) is 0 Å². The predicted molar refractivity (Wildman–Crippen MR) is 61.9 cm³/mol. The minimum Gasteiger partial charge on any atom is -0.286 e. The molecule has 0 atom stereocenters. The Balaban J connectivity index is 2.28. The highest BCUT2D eigenvalue weighted by Gasteiger charge is 2.05. The van der Waals surface area contributed by atoms with Gasteiger partial charge in [0.25, 0.3) is 0 Å². The van der Waals surface area contributed by atoms with E-state index in [1.54, 1.807) is 6.20 Å². The second-order valence-corrected chi connectivity index (χ2v) is 3.58. The van der Waals surface area contributed by atoms with Crippen molar-refractivity contribution < 1.29 is 0 Å². The van der Waals surface area contributed by atoms with Gasteiger partial charge < -0.3 is 0 Å². The molecular weight excluding hydrogens is 220 g/mol. The van der Waals surface area contributed by atoms with Gasteiger partial charge in [0.15, 0.2) is 0 Å². The van der Waals surface area contributed by atoms with Crippen molar-refractivity contribution in [2.45, 2.75) is 0 Å². The van der Waals surface area contributed by atoms with E-state index in [4.69, 9.17) is 0 Å². The molecule has 0 aliphatic carbocycles. The lowest BCUT2D eigenvalue weighted by atomic mass is 10.2. The first-order chi connectivity index (χ1) is 8.24. The largest absolute Gasteiger partial charge is 0.328 e. The molecule has 3 rings (SSSR count). The number of nitrogens with zero attached hydrogens (tertiary/aromatic N) is 2. The summed E-state index contributed by atoms with van der Waals surface area (Å²) in [5.74, 6) is 0.313. The van der Waals surface area contributed by atoms with Crippen LogP contribution in [0.2, 0.25) is 0 Å². The van der Waals surface area contributed by atoms with Gasteiger partial charge in [-0.2, -0.15) is 0 Å². The van der Waals surface area contributed by atoms with Crippen LogP contribution in [0.4, 0.5) is 0 Å². The number of fused-ring (bicyclic) bond motifs is 1. The molecule has 0 amide bonds. The monoisotopic (exact) mass is 228 g/mol. The molecule has 84 valence electrons. The zero-order chi connectivity index (χ0) is 11.8. The number of hydrogen-bond donors (Lipinski definition) is 2. The standard InChI is InChI=1S/C11H8N4O2/c16-9-10(17)14-15-6-8(12-11(15)13-9)7-4-2-1-3-5-7/h1-6H,(H,14,17)(H,12,13,16). The van der Waals surface area contributed by atoms with Crippen molar-refractivity contribution in [1.82, 2.24) is 19.6 Å². The Kier molecular flexibility index (Phi) is 1.94. The van der Waals surface area contributed by atoms with Crippen molar-refractivity contribution in [2.24, 2.45) is 0 Å². The Morgan fingerprint density at radius 1 is 1.06 bits per heavy atom. The molecule has 0 aliphatic rings. The van der Waals surface area contributed by atoms with Gasteiger partial charge in [0.2, 0.25) is 5.78 Å². The van der Waals surface area contributed by atoms with Crippen LogP contribution in [0.15, 0.2) is 46.1 Å². The smallest absolute Gasteiger partial charge is 0.286 e. The van der Waals surface area contributed by atoms with E-state index in [2.05, 4.69) is 15.1 Å². The van der Waals surface area contributed by atoms with E-state index in [1.165, 1.54) is 4.52 Å². The van der Waals surface area contributed by atoms with Gasteiger partial charge in [-0.1, -0.05) is 30.3 Å². The molecule has 0 spiro atoms. The molecule has 6 heteroatoms. The highest BCUT2D eigenvalue weighted by atomic mass is 16.2. The quantitative estimate of drug-likeness (QED) is 0.590. The molecule has 2 N–H and O–H groups in total. The number of rotatable bonds is 1. The number of nitrogens with one attached hydrogen (secondary N) is 2. The van der Waals surface area contributed by atoms with Gasteiger partial charge in [0.05, 0.1) is 11.9 Å². The van der Waals surface area contributed by atoms with Crippen LogP contribution in [0.5, 0.6) is 0 Å². The zero-order valence-corrected chi connectivity index (χ0v) is 8.68. The van der Waals surface area contributed by atoms with Crippen molar-refractivity contribution in [3.8, 4) is 11.3 Å². The Morgan fingerprint density at radius 2 is 1.82 bits per heavy atom. The fourth-order valence-corrected chi connectivity index (χ4v) is 1.62. The maximum atomic E-state index is 11.1. The summed E-state index contributed by atoms with van der Waals surface area (Å²) in [5.41, 5.74) is 0.193. The number of H-pyrrole nitrogens is 2. The summed E-state index contributed by atoms with van der Waals surface area (Å²) < 4.78 is 1.39. The number of hydrogen-bond acceptors (Lipinski definition) is 3. The molecule has 1 aromatic carbocycles. The molecule has 0 saturated carbocycles. The zero-order valence-electron chi connectivity index (χ0n) is 8.68. The summed E-state index contributed by atoms with van der Waals surface area (Å²) in [7, 11) is 0. The molecule has 0 saturated heterocycles. The lowest BCUT2D eigenvalue weighted by Gasteiger charge is -1.92. The van der Waals surface area contributed by atoms with Crippen molar-refractivity contribution >= 4 is 5.78 Å². The molecule has 0 radical (unpaired) electrons. The summed E-state index contributed by atoms with van der Waals surface area (Å²) >= 11 is 0. The number of aromatic nitrogens is 4. The van der Waals surface area contributed by atoms with Crippen LogP contribution >= 0.6 is 0 Å². The summed E-state index contributed by atoms with van der Waals surface area (Å²) in [5, 5.41) is 2.40. The predicted octanol–water partition coefficient (Wildman–Crippen LogP) is 0.378. The Hall–Kier alpha value is -2.63. The van der Waals surface area contributed by atoms with Crippen LogP contribution in [-0.4, -0.2) is 19.6 Å². The summed E-state index contributed by atoms with van der Waals surface area (Å²) in [6, 6.07) is 9.49. The highest BCUT2D eigenvalue weighted by Crippen LogP contribution is 2.16. The topological polar surface area (TPSA) is 83.0 Å². The second-order valence-electron chi connectivity index (χ2n) is 3.58. The summed E-state index contributed by atoms with van der Waals surface area (Å²) in [6.07, 6.45) is 1.65. The first-order valence-electron chi connectivity index (χ1n) is 5.01. The lowest BCUT2D eigenvalue weighted by Crippen LogP contribution is -2.31. The third kappa shape index (κ3) is 1.55. The molecule has 3 aromatic rings. The molecule has 17 heavy (non-hydrogen) atoms. The average molecular weight is 228 g/mol. The second kappa shape index (κ2) is 3.44. The minimum atomic E-state index is -0.706. The molecular formula is C11H8N4O2. The molecule has 0 bridgehead atoms. The normalized spacial score (nSPS) is 10.8. The van der Waals surface area contributed by atoms with E-state index in [-0.39, 0.29) is 0 Å². The molecule has 0 unspecified atom stereocenters. The van der Waals surface area contributed by atoms with E-state index in [0.717, 1.165) is 5.56 Å². The van der Waals surface area contributed by atoms with Gasteiger partial charge in [-0.25, -0.2) is 9.50 Å². The highest BCUT2D eigenvalue weighted by molar-refractivity contribution is 5.60. The third-order valence-corrected chi connectivity index (χ3v) is 2.43. The molecule has 0 aliphatic heterocycles. The van der Waals surface area contributed by atoms with Crippen LogP contribution in [-0.2, 0) is 0 Å². The van der Waals surface area contributed by atoms with Gasteiger partial charge in [-0.3, -0.25) is 19.7 Å². The van der Waals surface area contributed by atoms with E-state index >= 15 is 0 Å². The summed E-state index contributed by atoms with van der Waals surface area (Å²) in [6.45, 7) is 0. The van der Waals surface area contributed by atoms with Gasteiger partial charge in [0, 0.05) is 5.56 Å². The Bertz CT molecular complexity index is 735. The van der Waals surface area contributed by atoms with Gasteiger partial charge >= 0.3 is 11.1 Å². The molecule has 2 heterocycles. The van der Waals surface area contributed by atoms with Gasteiger partial charge in [-0.15, -0.1) is 0 Å². The van der Waals surface area contributed by atoms with Crippen molar-refractivity contribution in [3.05, 3.63) is 57.2 Å². The number of benzene rings is 1. The van der Waals surface area contributed by atoms with E-state index < -0.39 is 11.1 Å². The molecule has 0 fully saturated rings. The van der Waals surface area contributed by atoms with Crippen molar-refractivity contribution in [1.29, 1.82) is 0 Å². The Labute approximate surface area is 94.6 Å². The number of aromatic amines is 2. The number of imidazole rings is 1. The van der Waals surface area contributed by atoms with E-state index in [0.29, 0.717) is 11.5 Å². The van der Waals surface area contributed by atoms with Crippen molar-refractivity contribution in [3.63, 3.8) is 0 Å². The van der Waals surface area contributed by atoms with Gasteiger partial charge in [-0.05, 0) is 0 Å². The first-order valence-corrected chi connectivity index (χ1v) is 5.01. The van der Waals surface area contributed by atoms with Crippen LogP contribution in [0.25, 0.3) is 17.0 Å². The van der Waals surface area contributed by atoms with Crippen LogP contribution in [0.1, 0.15) is 0 Å². The average Bonchev–Trinajstić information content (AvgIpc) is 2.74.